The van der Waals surface area contributed by atoms with Gasteiger partial charge in [-0.3, -0.25) is 0 Å². The quantitative estimate of drug-likeness (QED) is 0.186. The summed E-state index contributed by atoms with van der Waals surface area (Å²) >= 11 is 0. The van der Waals surface area contributed by atoms with Crippen LogP contribution >= 0.6 is 0 Å². The van der Waals surface area contributed by atoms with Crippen LogP contribution in [0.15, 0.2) is 11.6 Å². The van der Waals surface area contributed by atoms with Crippen LogP contribution in [0.25, 0.3) is 0 Å². The van der Waals surface area contributed by atoms with E-state index in [1.54, 1.807) is 0 Å². The molecule has 0 bridgehead atoms. The number of hydrogen-bond donors (Lipinski definition) is 0. The van der Waals surface area contributed by atoms with Crippen LogP contribution in [-0.4, -0.2) is 29.3 Å². The van der Waals surface area contributed by atoms with E-state index in [4.69, 9.17) is 15.3 Å². The first-order valence-corrected chi connectivity index (χ1v) is 19.0. The molecule has 2 nitrogen and oxygen atoms in total. The molecule has 0 heterocycles. The third-order valence-electron chi connectivity index (χ3n) is 9.99. The Kier molecular flexibility index (Phi) is 9.63. The van der Waals surface area contributed by atoms with Gasteiger partial charge in [-0.15, -0.1) is 6.42 Å². The maximum absolute atomic E-state index is 7.46. The Morgan fingerprint density at radius 3 is 2.00 bits per heavy atom. The molecule has 1 saturated carbocycles. The summed E-state index contributed by atoms with van der Waals surface area (Å²) in [6.45, 7) is 31.6. The van der Waals surface area contributed by atoms with Crippen molar-refractivity contribution in [1.82, 2.24) is 0 Å². The summed E-state index contributed by atoms with van der Waals surface area (Å²) < 4.78 is 14.3. The molecule has 1 fully saturated rings. The van der Waals surface area contributed by atoms with Crippen LogP contribution < -0.4 is 0 Å². The molecule has 0 spiro atoms. The lowest BCUT2D eigenvalue weighted by atomic mass is 9.58. The van der Waals surface area contributed by atoms with Gasteiger partial charge in [0.1, 0.15) is 0 Å². The van der Waals surface area contributed by atoms with Crippen LogP contribution in [0.1, 0.15) is 89.0 Å². The molecule has 0 N–H and O–H groups in total. The van der Waals surface area contributed by atoms with Crippen LogP contribution in [0.3, 0.4) is 0 Å². The molecular weight excluding hydrogens is 449 g/mol. The zero-order valence-corrected chi connectivity index (χ0v) is 26.8. The van der Waals surface area contributed by atoms with E-state index in [-0.39, 0.29) is 11.0 Å². The minimum atomic E-state index is -1.95. The van der Waals surface area contributed by atoms with Gasteiger partial charge in [0, 0.05) is 24.4 Å². The Hall–Kier alpha value is -0.346. The van der Waals surface area contributed by atoms with E-state index in [2.05, 4.69) is 101 Å². The fourth-order valence-electron chi connectivity index (χ4n) is 7.12. The van der Waals surface area contributed by atoms with E-state index in [9.17, 15) is 0 Å². The zero-order valence-electron chi connectivity index (χ0n) is 24.8. The van der Waals surface area contributed by atoms with Crippen molar-refractivity contribution < 1.29 is 8.85 Å². The minimum absolute atomic E-state index is 0.175. The number of hydrogen-bond acceptors (Lipinski definition) is 2. The summed E-state index contributed by atoms with van der Waals surface area (Å²) in [6.07, 6.45) is 11.4. The second-order valence-electron chi connectivity index (χ2n) is 14.0. The topological polar surface area (TPSA) is 18.5 Å². The van der Waals surface area contributed by atoms with E-state index in [0.29, 0.717) is 46.4 Å². The van der Waals surface area contributed by atoms with E-state index in [1.807, 2.05) is 0 Å². The Labute approximate surface area is 215 Å². The zero-order chi connectivity index (χ0) is 26.2. The van der Waals surface area contributed by atoms with Crippen molar-refractivity contribution >= 4 is 16.6 Å². The molecule has 2 rings (SSSR count). The van der Waals surface area contributed by atoms with E-state index >= 15 is 0 Å². The molecule has 0 saturated heterocycles. The first-order valence-electron chi connectivity index (χ1n) is 14.0. The summed E-state index contributed by atoms with van der Waals surface area (Å²) in [5.41, 5.74) is 3.18. The highest BCUT2D eigenvalue weighted by molar-refractivity contribution is 6.77. The lowest BCUT2D eigenvalue weighted by molar-refractivity contribution is -0.0167. The maximum atomic E-state index is 7.46. The van der Waals surface area contributed by atoms with E-state index < -0.39 is 16.6 Å². The first-order chi connectivity index (χ1) is 15.5. The predicted octanol–water partition coefficient (Wildman–Crippen LogP) is 9.06. The standard InChI is InChI=1S/C30H56O2Si2/c1-15-25-24(9)18-26-28(32-34(20(2)3,21(4)5)22(6)7)17-16-23(8)29(26)27(25)19-31-33(13,14)30(10,11)12/h1,18,20-23,25-29H,16-17,19H2,2-14H3/t23-,25+,26+,27+,28-,29+/m1/s1. The van der Waals surface area contributed by atoms with E-state index in [0.717, 1.165) is 6.61 Å². The Bertz CT molecular complexity index is 731. The molecule has 196 valence electrons. The van der Waals surface area contributed by atoms with Crippen molar-refractivity contribution in [2.75, 3.05) is 6.61 Å². The molecule has 34 heavy (non-hydrogen) atoms. The van der Waals surface area contributed by atoms with Crippen molar-refractivity contribution in [3.8, 4) is 12.3 Å². The second kappa shape index (κ2) is 11.0. The molecule has 0 aromatic heterocycles. The summed E-state index contributed by atoms with van der Waals surface area (Å²) in [5.74, 6) is 5.37. The molecule has 0 aromatic carbocycles. The molecule has 6 atom stereocenters. The van der Waals surface area contributed by atoms with Gasteiger partial charge in [-0.25, -0.2) is 0 Å². The van der Waals surface area contributed by atoms with Crippen molar-refractivity contribution in [2.45, 2.75) is 130 Å². The second-order valence-corrected chi connectivity index (χ2v) is 24.2. The molecular formula is C30H56O2Si2. The van der Waals surface area contributed by atoms with Crippen LogP contribution in [0.4, 0.5) is 0 Å². The molecule has 2 aliphatic carbocycles. The molecule has 0 unspecified atom stereocenters. The SMILES string of the molecule is C#C[C@H]1C(C)=C[C@@H]2[C@@H]([C@H]1CO[Si](C)(C)C(C)(C)C)[C@H](C)CC[C@H]2O[Si](C(C)C)(C(C)C)C(C)C. The highest BCUT2D eigenvalue weighted by Crippen LogP contribution is 2.52. The smallest absolute Gasteiger partial charge is 0.200 e. The third-order valence-corrected chi connectivity index (χ3v) is 20.6. The lowest BCUT2D eigenvalue weighted by Gasteiger charge is -2.53. The summed E-state index contributed by atoms with van der Waals surface area (Å²) in [5, 5.41) is 0.207. The number of terminal acetylenes is 1. The van der Waals surface area contributed by atoms with Gasteiger partial charge in [0.05, 0.1) is 6.10 Å². The van der Waals surface area contributed by atoms with Gasteiger partial charge in [-0.1, -0.05) is 86.8 Å². The van der Waals surface area contributed by atoms with Gasteiger partial charge < -0.3 is 8.85 Å². The molecule has 4 heteroatoms. The van der Waals surface area contributed by atoms with Crippen molar-refractivity contribution in [1.29, 1.82) is 0 Å². The van der Waals surface area contributed by atoms with Crippen LogP contribution in [0.5, 0.6) is 0 Å². The maximum Gasteiger partial charge on any atom is 0.200 e. The van der Waals surface area contributed by atoms with Gasteiger partial charge >= 0.3 is 0 Å². The summed E-state index contributed by atoms with van der Waals surface area (Å²) in [7, 11) is -3.79. The van der Waals surface area contributed by atoms with Gasteiger partial charge in [0.2, 0.25) is 8.32 Å². The third kappa shape index (κ3) is 5.63. The monoisotopic (exact) mass is 504 g/mol. The predicted molar refractivity (Wildman–Crippen MR) is 154 cm³/mol. The highest BCUT2D eigenvalue weighted by Gasteiger charge is 2.52. The Balaban J connectivity index is 2.45. The fourth-order valence-corrected chi connectivity index (χ4v) is 13.8. The lowest BCUT2D eigenvalue weighted by Crippen LogP contribution is -2.55. The largest absolute Gasteiger partial charge is 0.416 e. The number of rotatable bonds is 8. The molecule has 0 amide bonds. The van der Waals surface area contributed by atoms with E-state index in [1.165, 1.54) is 18.4 Å². The van der Waals surface area contributed by atoms with Crippen LogP contribution in [0.2, 0.25) is 34.8 Å². The summed E-state index contributed by atoms with van der Waals surface area (Å²) in [4.78, 5) is 0. The normalized spacial score (nSPS) is 31.0. The van der Waals surface area contributed by atoms with Gasteiger partial charge in [0.25, 0.3) is 0 Å². The summed E-state index contributed by atoms with van der Waals surface area (Å²) in [6, 6.07) is 0. The van der Waals surface area contributed by atoms with Gasteiger partial charge in [0.15, 0.2) is 8.32 Å². The van der Waals surface area contributed by atoms with Crippen molar-refractivity contribution in [2.24, 2.45) is 29.6 Å². The Morgan fingerprint density at radius 1 is 1.03 bits per heavy atom. The minimum Gasteiger partial charge on any atom is -0.416 e. The van der Waals surface area contributed by atoms with Crippen LogP contribution in [-0.2, 0) is 8.85 Å². The highest BCUT2D eigenvalue weighted by atomic mass is 28.4. The fraction of sp³-hybridized carbons (Fsp3) is 0.867. The van der Waals surface area contributed by atoms with Crippen molar-refractivity contribution in [3.63, 3.8) is 0 Å². The van der Waals surface area contributed by atoms with Gasteiger partial charge in [-0.2, -0.15) is 0 Å². The average molecular weight is 505 g/mol. The Morgan fingerprint density at radius 2 is 1.56 bits per heavy atom. The van der Waals surface area contributed by atoms with Gasteiger partial charge in [-0.05, 0) is 66.4 Å². The molecule has 0 radical (unpaired) electrons. The molecule has 0 aliphatic heterocycles. The van der Waals surface area contributed by atoms with Crippen molar-refractivity contribution in [3.05, 3.63) is 11.6 Å². The molecule has 0 aromatic rings. The first kappa shape index (κ1) is 29.9. The number of fused-ring (bicyclic) bond motifs is 1. The van der Waals surface area contributed by atoms with Crippen LogP contribution in [0, 0.1) is 41.9 Å². The average Bonchev–Trinajstić information content (AvgIpc) is 2.69. The molecule has 2 aliphatic rings. The number of allylic oxidation sites excluding steroid dienone is 1.